The van der Waals surface area contributed by atoms with E-state index in [4.69, 9.17) is 34.8 Å². The minimum absolute atomic E-state index is 0.0481. The number of hydrogen-bond acceptors (Lipinski definition) is 3. The van der Waals surface area contributed by atoms with Gasteiger partial charge in [0.25, 0.3) is 10.0 Å². The molecule has 0 bridgehead atoms. The first-order valence-corrected chi connectivity index (χ1v) is 10.3. The van der Waals surface area contributed by atoms with Gasteiger partial charge in [-0.3, -0.25) is 0 Å². The highest BCUT2D eigenvalue weighted by Crippen LogP contribution is 2.31. The molecule has 0 aliphatic rings. The van der Waals surface area contributed by atoms with Gasteiger partial charge in [-0.2, -0.15) is 18.4 Å². The van der Waals surface area contributed by atoms with Crippen LogP contribution in [0, 0.1) is 0 Å². The van der Waals surface area contributed by atoms with Crippen molar-refractivity contribution >= 4 is 50.5 Å². The van der Waals surface area contributed by atoms with Gasteiger partial charge in [0.1, 0.15) is 4.90 Å². The predicted molar refractivity (Wildman–Crippen MR) is 110 cm³/mol. The molecule has 0 saturated heterocycles. The van der Waals surface area contributed by atoms with Crippen LogP contribution in [0.15, 0.2) is 82.8 Å². The number of nitrogens with zero attached hydrogens (tertiary/aromatic N) is 1. The van der Waals surface area contributed by atoms with Crippen molar-refractivity contribution in [2.24, 2.45) is 5.10 Å². The smallest absolute Gasteiger partial charge is 0.200 e. The first-order chi connectivity index (χ1) is 12.9. The summed E-state index contributed by atoms with van der Waals surface area (Å²) < 4.78 is 25.4. The Kier molecular flexibility index (Phi) is 6.07. The van der Waals surface area contributed by atoms with Crippen LogP contribution in [0.1, 0.15) is 11.1 Å². The van der Waals surface area contributed by atoms with Gasteiger partial charge >= 0.3 is 0 Å². The minimum Gasteiger partial charge on any atom is -0.200 e. The number of hydrazone groups is 1. The Morgan fingerprint density at radius 1 is 0.741 bits per heavy atom. The Balaban J connectivity index is 2.03. The Morgan fingerprint density at radius 2 is 1.22 bits per heavy atom. The fraction of sp³-hybridized carbons (Fsp3) is 0. The van der Waals surface area contributed by atoms with Gasteiger partial charge in [0.2, 0.25) is 0 Å². The van der Waals surface area contributed by atoms with Crippen LogP contribution in [0.3, 0.4) is 0 Å². The average molecular weight is 440 g/mol. The van der Waals surface area contributed by atoms with E-state index in [2.05, 4.69) is 9.93 Å². The normalized spacial score (nSPS) is 11.1. The molecule has 8 heteroatoms. The maximum atomic E-state index is 12.7. The highest BCUT2D eigenvalue weighted by Gasteiger charge is 2.20. The molecule has 3 rings (SSSR count). The fourth-order valence-electron chi connectivity index (χ4n) is 2.35. The molecule has 0 aliphatic heterocycles. The van der Waals surface area contributed by atoms with Crippen LogP contribution in [-0.4, -0.2) is 14.1 Å². The van der Waals surface area contributed by atoms with Gasteiger partial charge in [-0.15, -0.1) is 0 Å². The van der Waals surface area contributed by atoms with Crippen LogP contribution in [0.5, 0.6) is 0 Å². The molecule has 1 N–H and O–H groups in total. The largest absolute Gasteiger partial charge is 0.278 e. The molecule has 27 heavy (non-hydrogen) atoms. The molecule has 0 aliphatic carbocycles. The highest BCUT2D eigenvalue weighted by atomic mass is 35.5. The molecule has 0 heterocycles. The number of hydrogen-bond donors (Lipinski definition) is 1. The highest BCUT2D eigenvalue weighted by molar-refractivity contribution is 7.89. The first-order valence-electron chi connectivity index (χ1n) is 7.73. The molecule has 0 saturated carbocycles. The fourth-order valence-corrected chi connectivity index (χ4v) is 4.17. The van der Waals surface area contributed by atoms with E-state index in [0.717, 1.165) is 11.1 Å². The van der Waals surface area contributed by atoms with Crippen molar-refractivity contribution in [2.45, 2.75) is 4.90 Å². The van der Waals surface area contributed by atoms with Gasteiger partial charge in [-0.1, -0.05) is 95.5 Å². The number of nitrogens with one attached hydrogen (secondary N) is 1. The van der Waals surface area contributed by atoms with Gasteiger partial charge < -0.3 is 0 Å². The molecule has 3 aromatic rings. The van der Waals surface area contributed by atoms with E-state index in [1.807, 2.05) is 60.7 Å². The third-order valence-corrected chi connectivity index (χ3v) is 6.03. The lowest BCUT2D eigenvalue weighted by molar-refractivity contribution is 0.584. The number of halogens is 3. The summed E-state index contributed by atoms with van der Waals surface area (Å²) in [5.74, 6) is 0. The van der Waals surface area contributed by atoms with Crippen LogP contribution >= 0.6 is 34.8 Å². The molecule has 0 unspecified atom stereocenters. The molecule has 138 valence electrons. The van der Waals surface area contributed by atoms with E-state index in [9.17, 15) is 8.42 Å². The van der Waals surface area contributed by atoms with E-state index in [1.165, 1.54) is 12.1 Å². The van der Waals surface area contributed by atoms with Crippen LogP contribution in [0.4, 0.5) is 0 Å². The van der Waals surface area contributed by atoms with E-state index in [-0.39, 0.29) is 20.0 Å². The zero-order chi connectivity index (χ0) is 19.4. The van der Waals surface area contributed by atoms with Crippen molar-refractivity contribution in [2.75, 3.05) is 0 Å². The van der Waals surface area contributed by atoms with E-state index < -0.39 is 10.0 Å². The standard InChI is InChI=1S/C19H13Cl3N2O2S/c20-15-11-17(22)18(12-16(15)21)27(25,26)24-23-19(13-7-3-1-4-8-13)14-9-5-2-6-10-14/h1-12,24H. The monoisotopic (exact) mass is 438 g/mol. The summed E-state index contributed by atoms with van der Waals surface area (Å²) in [6.07, 6.45) is 0. The van der Waals surface area contributed by atoms with Gasteiger partial charge in [-0.05, 0) is 12.1 Å². The van der Waals surface area contributed by atoms with Crippen molar-refractivity contribution < 1.29 is 8.42 Å². The number of sulfonamides is 1. The zero-order valence-corrected chi connectivity index (χ0v) is 16.8. The van der Waals surface area contributed by atoms with E-state index in [1.54, 1.807) is 0 Å². The van der Waals surface area contributed by atoms with Gasteiger partial charge in [-0.25, -0.2) is 0 Å². The number of rotatable bonds is 5. The Labute approximate surface area is 172 Å². The first kappa shape index (κ1) is 19.7. The maximum Gasteiger partial charge on any atom is 0.278 e. The molecule has 0 radical (unpaired) electrons. The zero-order valence-electron chi connectivity index (χ0n) is 13.7. The molecule has 3 aromatic carbocycles. The van der Waals surface area contributed by atoms with Gasteiger partial charge in [0.05, 0.1) is 20.8 Å². The van der Waals surface area contributed by atoms with Crippen molar-refractivity contribution in [3.05, 3.63) is 99.0 Å². The van der Waals surface area contributed by atoms with Crippen LogP contribution < -0.4 is 4.83 Å². The maximum absolute atomic E-state index is 12.7. The van der Waals surface area contributed by atoms with Gasteiger partial charge in [0, 0.05) is 11.1 Å². The molecule has 0 spiro atoms. The second-order valence-corrected chi connectivity index (χ2v) is 8.33. The van der Waals surface area contributed by atoms with E-state index >= 15 is 0 Å². The molecule has 0 aromatic heterocycles. The lowest BCUT2D eigenvalue weighted by Crippen LogP contribution is -2.21. The lowest BCUT2D eigenvalue weighted by Gasteiger charge is -2.10. The van der Waals surface area contributed by atoms with E-state index in [0.29, 0.717) is 5.71 Å². The van der Waals surface area contributed by atoms with Crippen LogP contribution in [-0.2, 0) is 10.0 Å². The van der Waals surface area contributed by atoms with Crippen LogP contribution in [0.2, 0.25) is 15.1 Å². The summed E-state index contributed by atoms with van der Waals surface area (Å²) in [4.78, 5) is 2.03. The molecule has 0 fully saturated rings. The molecule has 0 atom stereocenters. The molecule has 4 nitrogen and oxygen atoms in total. The molecular formula is C19H13Cl3N2O2S. The molecular weight excluding hydrogens is 427 g/mol. The molecule has 0 amide bonds. The minimum atomic E-state index is -4.05. The summed E-state index contributed by atoms with van der Waals surface area (Å²) >= 11 is 17.8. The second kappa shape index (κ2) is 8.31. The average Bonchev–Trinajstić information content (AvgIpc) is 2.66. The van der Waals surface area contributed by atoms with Crippen molar-refractivity contribution in [3.8, 4) is 0 Å². The summed E-state index contributed by atoms with van der Waals surface area (Å²) in [7, 11) is -4.05. The summed E-state index contributed by atoms with van der Waals surface area (Å²) in [5.41, 5.74) is 1.98. The van der Waals surface area contributed by atoms with Crippen molar-refractivity contribution in [1.82, 2.24) is 4.83 Å². The van der Waals surface area contributed by atoms with Crippen molar-refractivity contribution in [1.29, 1.82) is 0 Å². The SMILES string of the molecule is O=S(=O)(NN=C(c1ccccc1)c1ccccc1)c1cc(Cl)c(Cl)cc1Cl. The van der Waals surface area contributed by atoms with Crippen molar-refractivity contribution in [3.63, 3.8) is 0 Å². The predicted octanol–water partition coefficient (Wildman–Crippen LogP) is 5.38. The summed E-state index contributed by atoms with van der Waals surface area (Å²) in [6, 6.07) is 20.9. The summed E-state index contributed by atoms with van der Waals surface area (Å²) in [6.45, 7) is 0. The van der Waals surface area contributed by atoms with Crippen LogP contribution in [0.25, 0.3) is 0 Å². The number of benzene rings is 3. The van der Waals surface area contributed by atoms with Gasteiger partial charge in [0.15, 0.2) is 0 Å². The second-order valence-electron chi connectivity index (χ2n) is 5.48. The lowest BCUT2D eigenvalue weighted by atomic mass is 10.0. The Morgan fingerprint density at radius 3 is 1.74 bits per heavy atom. The summed E-state index contributed by atoms with van der Waals surface area (Å²) in [5, 5.41) is 4.35. The Hall–Kier alpha value is -2.05. The Bertz CT molecular complexity index is 1050. The quantitative estimate of drug-likeness (QED) is 0.330. The third-order valence-electron chi connectivity index (χ3n) is 3.64. The topological polar surface area (TPSA) is 58.5 Å². The third kappa shape index (κ3) is 4.62.